The van der Waals surface area contributed by atoms with Gasteiger partial charge in [-0.1, -0.05) is 0 Å². The molecule has 0 amide bonds. The minimum absolute atomic E-state index is 0.00237. The van der Waals surface area contributed by atoms with E-state index in [1.54, 1.807) is 12.1 Å². The number of phenols is 2. The Morgan fingerprint density at radius 1 is 0.970 bits per heavy atom. The van der Waals surface area contributed by atoms with Crippen LogP contribution in [-0.4, -0.2) is 75.1 Å². The van der Waals surface area contributed by atoms with Crippen molar-refractivity contribution in [3.63, 3.8) is 0 Å². The number of hydrogen-bond donors (Lipinski definition) is 6. The molecule has 5 atom stereocenters. The van der Waals surface area contributed by atoms with Crippen molar-refractivity contribution in [2.75, 3.05) is 13.7 Å². The van der Waals surface area contributed by atoms with Gasteiger partial charge in [0.05, 0.1) is 7.11 Å². The fraction of sp³-hybridized carbons (Fsp3) is 0.318. The average molecular weight is 462 g/mol. The Morgan fingerprint density at radius 2 is 1.67 bits per heavy atom. The molecule has 0 unspecified atom stereocenters. The molecule has 1 aliphatic rings. The van der Waals surface area contributed by atoms with Crippen molar-refractivity contribution in [2.24, 2.45) is 0 Å². The monoisotopic (exact) mass is 462 g/mol. The first-order valence-corrected chi connectivity index (χ1v) is 9.89. The molecule has 1 aromatic heterocycles. The van der Waals surface area contributed by atoms with E-state index in [9.17, 15) is 35.4 Å². The molecular formula is C22H22O11. The molecule has 0 radical (unpaired) electrons. The van der Waals surface area contributed by atoms with Gasteiger partial charge in [-0.15, -0.1) is 0 Å². The fourth-order valence-corrected chi connectivity index (χ4v) is 3.55. The summed E-state index contributed by atoms with van der Waals surface area (Å²) in [4.78, 5) is 12.8. The lowest BCUT2D eigenvalue weighted by Gasteiger charge is -2.38. The summed E-state index contributed by atoms with van der Waals surface area (Å²) in [5.41, 5.74) is -0.0456. The van der Waals surface area contributed by atoms with Gasteiger partial charge in [-0.3, -0.25) is 4.79 Å². The maximum atomic E-state index is 12.8. The SMILES string of the molecule is COc1cc2oc(-c3ccc(O)cc3)cc(=O)c2c(O)c1OC[C@H]1O[C@@H](O)[C@H](O)[C@@H](O)[C@H]1O. The van der Waals surface area contributed by atoms with Crippen LogP contribution in [0.3, 0.4) is 0 Å². The van der Waals surface area contributed by atoms with Crippen molar-refractivity contribution in [2.45, 2.75) is 30.7 Å². The first kappa shape index (κ1) is 22.8. The first-order chi connectivity index (χ1) is 15.7. The third-order valence-corrected chi connectivity index (χ3v) is 5.36. The molecule has 11 heteroatoms. The topological polar surface area (TPSA) is 179 Å². The summed E-state index contributed by atoms with van der Waals surface area (Å²) in [6.07, 6.45) is -7.98. The molecule has 0 spiro atoms. The Morgan fingerprint density at radius 3 is 2.33 bits per heavy atom. The standard InChI is InChI=1S/C22H22O11/c1-30-14-7-13-16(11(24)6-12(32-13)9-2-4-10(23)5-3-9)18(26)21(14)31-8-15-17(25)19(27)20(28)22(29)33-15/h2-7,15,17,19-20,22-23,25-29H,8H2,1H3/t15-,17+,19+,20-,22-/m1/s1. The highest BCUT2D eigenvalue weighted by molar-refractivity contribution is 5.89. The lowest BCUT2D eigenvalue weighted by atomic mass is 9.99. The van der Waals surface area contributed by atoms with Gasteiger partial charge in [-0.25, -0.2) is 0 Å². The van der Waals surface area contributed by atoms with Crippen molar-refractivity contribution in [1.82, 2.24) is 0 Å². The Kier molecular flexibility index (Phi) is 6.15. The Bertz CT molecular complexity index is 1200. The van der Waals surface area contributed by atoms with Crippen molar-refractivity contribution < 1.29 is 49.3 Å². The maximum absolute atomic E-state index is 12.8. The summed E-state index contributed by atoms with van der Waals surface area (Å²) in [5, 5.41) is 59.1. The van der Waals surface area contributed by atoms with Crippen LogP contribution in [0.15, 0.2) is 45.6 Å². The van der Waals surface area contributed by atoms with E-state index in [4.69, 9.17) is 18.6 Å². The maximum Gasteiger partial charge on any atom is 0.204 e. The van der Waals surface area contributed by atoms with E-state index in [0.29, 0.717) is 5.56 Å². The number of aromatic hydroxyl groups is 2. The van der Waals surface area contributed by atoms with E-state index in [-0.39, 0.29) is 34.0 Å². The molecular weight excluding hydrogens is 440 g/mol. The van der Waals surface area contributed by atoms with E-state index < -0.39 is 48.5 Å². The van der Waals surface area contributed by atoms with E-state index in [1.165, 1.54) is 31.4 Å². The quantitative estimate of drug-likeness (QED) is 0.302. The van der Waals surface area contributed by atoms with E-state index in [2.05, 4.69) is 0 Å². The summed E-state index contributed by atoms with van der Waals surface area (Å²) >= 11 is 0. The van der Waals surface area contributed by atoms with Crippen LogP contribution in [-0.2, 0) is 4.74 Å². The lowest BCUT2D eigenvalue weighted by molar-refractivity contribution is -0.285. The molecule has 2 heterocycles. The summed E-state index contributed by atoms with van der Waals surface area (Å²) < 4.78 is 21.6. The predicted molar refractivity (Wildman–Crippen MR) is 112 cm³/mol. The van der Waals surface area contributed by atoms with Crippen LogP contribution in [0.4, 0.5) is 0 Å². The second-order valence-corrected chi connectivity index (χ2v) is 7.50. The molecule has 0 aliphatic carbocycles. The van der Waals surface area contributed by atoms with Crippen LogP contribution in [0.25, 0.3) is 22.3 Å². The van der Waals surface area contributed by atoms with Gasteiger partial charge in [0.15, 0.2) is 23.2 Å². The number of hydrogen-bond acceptors (Lipinski definition) is 11. The number of aliphatic hydroxyl groups excluding tert-OH is 4. The molecule has 3 aromatic rings. The van der Waals surface area contributed by atoms with Crippen molar-refractivity contribution in [1.29, 1.82) is 0 Å². The predicted octanol–water partition coefficient (Wildman–Crippen LogP) is 0.0585. The third-order valence-electron chi connectivity index (χ3n) is 5.36. The summed E-state index contributed by atoms with van der Waals surface area (Å²) in [6.45, 7) is -0.464. The number of methoxy groups -OCH3 is 1. The molecule has 1 aliphatic heterocycles. The van der Waals surface area contributed by atoms with Crippen LogP contribution >= 0.6 is 0 Å². The molecule has 176 valence electrons. The zero-order valence-corrected chi connectivity index (χ0v) is 17.3. The van der Waals surface area contributed by atoms with Gasteiger partial charge in [0.2, 0.25) is 5.75 Å². The van der Waals surface area contributed by atoms with E-state index >= 15 is 0 Å². The summed E-state index contributed by atoms with van der Waals surface area (Å²) in [5.74, 6) is -0.590. The molecule has 4 rings (SSSR count). The highest BCUT2D eigenvalue weighted by atomic mass is 16.6. The van der Waals surface area contributed by atoms with Gasteiger partial charge >= 0.3 is 0 Å². The minimum atomic E-state index is -1.76. The molecule has 0 saturated carbocycles. The number of aliphatic hydroxyl groups is 4. The van der Waals surface area contributed by atoms with Crippen LogP contribution in [0.5, 0.6) is 23.0 Å². The number of phenolic OH excluding ortho intramolecular Hbond substituents is 2. The molecule has 2 aromatic carbocycles. The van der Waals surface area contributed by atoms with Crippen LogP contribution < -0.4 is 14.9 Å². The lowest BCUT2D eigenvalue weighted by Crippen LogP contribution is -2.58. The summed E-state index contributed by atoms with van der Waals surface area (Å²) in [6, 6.07) is 8.49. The summed E-state index contributed by atoms with van der Waals surface area (Å²) in [7, 11) is 1.30. The van der Waals surface area contributed by atoms with E-state index in [1.807, 2.05) is 0 Å². The van der Waals surface area contributed by atoms with E-state index in [0.717, 1.165) is 0 Å². The Hall–Kier alpha value is -3.35. The molecule has 33 heavy (non-hydrogen) atoms. The van der Waals surface area contributed by atoms with Crippen LogP contribution in [0.1, 0.15) is 0 Å². The van der Waals surface area contributed by atoms with Gasteiger partial charge in [0.25, 0.3) is 0 Å². The van der Waals surface area contributed by atoms with Crippen LogP contribution in [0.2, 0.25) is 0 Å². The zero-order valence-electron chi connectivity index (χ0n) is 17.3. The minimum Gasteiger partial charge on any atom is -0.508 e. The van der Waals surface area contributed by atoms with Crippen LogP contribution in [0, 0.1) is 0 Å². The molecule has 11 nitrogen and oxygen atoms in total. The van der Waals surface area contributed by atoms with Crippen molar-refractivity contribution in [3.05, 3.63) is 46.6 Å². The highest BCUT2D eigenvalue weighted by Crippen LogP contribution is 2.42. The fourth-order valence-electron chi connectivity index (χ4n) is 3.55. The second kappa shape index (κ2) is 8.89. The molecule has 6 N–H and O–H groups in total. The number of ether oxygens (including phenoxy) is 3. The average Bonchev–Trinajstić information content (AvgIpc) is 2.79. The smallest absolute Gasteiger partial charge is 0.204 e. The van der Waals surface area contributed by atoms with Crippen molar-refractivity contribution in [3.8, 4) is 34.3 Å². The normalized spacial score (nSPS) is 25.2. The van der Waals surface area contributed by atoms with Gasteiger partial charge in [0.1, 0.15) is 53.5 Å². The first-order valence-electron chi connectivity index (χ1n) is 9.89. The number of rotatable bonds is 5. The Balaban J connectivity index is 1.69. The van der Waals surface area contributed by atoms with Gasteiger partial charge in [-0.05, 0) is 24.3 Å². The molecule has 0 bridgehead atoms. The van der Waals surface area contributed by atoms with Gasteiger partial charge in [0, 0.05) is 17.7 Å². The molecule has 1 fully saturated rings. The molecule has 1 saturated heterocycles. The number of benzene rings is 2. The number of fused-ring (bicyclic) bond motifs is 1. The van der Waals surface area contributed by atoms with Crippen molar-refractivity contribution >= 4 is 11.0 Å². The largest absolute Gasteiger partial charge is 0.508 e. The zero-order chi connectivity index (χ0) is 23.9. The van der Waals surface area contributed by atoms with Gasteiger partial charge < -0.3 is 49.3 Å². The Labute approximate surface area is 186 Å². The highest BCUT2D eigenvalue weighted by Gasteiger charge is 2.43. The van der Waals surface area contributed by atoms with Gasteiger partial charge in [-0.2, -0.15) is 0 Å². The second-order valence-electron chi connectivity index (χ2n) is 7.50. The third kappa shape index (κ3) is 4.19.